The molecule has 0 aromatic heterocycles. The molecule has 6 heteroatoms. The van der Waals surface area contributed by atoms with Crippen LogP contribution in [0.4, 0.5) is 5.69 Å². The van der Waals surface area contributed by atoms with Gasteiger partial charge in [0.2, 0.25) is 11.8 Å². The Balaban J connectivity index is 1.50. The third-order valence-electron chi connectivity index (χ3n) is 5.17. The number of rotatable bonds is 2. The van der Waals surface area contributed by atoms with Gasteiger partial charge in [-0.05, 0) is 29.3 Å². The third kappa shape index (κ3) is 3.58. The van der Waals surface area contributed by atoms with Crippen LogP contribution in [0.25, 0.3) is 0 Å². The Morgan fingerprint density at radius 2 is 2.07 bits per heavy atom. The zero-order chi connectivity index (χ0) is 19.2. The van der Waals surface area contributed by atoms with Gasteiger partial charge in [-0.25, -0.2) is 0 Å². The predicted molar refractivity (Wildman–Crippen MR) is 109 cm³/mol. The molecular weight excluding hydrogens is 380 g/mol. The highest BCUT2D eigenvalue weighted by atomic mass is 35.5. The highest BCUT2D eigenvalue weighted by Crippen LogP contribution is 2.39. The standard InChI is InChI=1S/C21H21ClN2O2S/c1-21(2)12-24(11-13-5-3-4-6-15(13)21)19(25)10-18-20(26)23-16-9-14(22)7-8-17(16)27-18/h3-9,18H,10-12H2,1-2H3,(H,23,26). The van der Waals surface area contributed by atoms with E-state index in [1.54, 1.807) is 12.1 Å². The van der Waals surface area contributed by atoms with Crippen LogP contribution in [0.15, 0.2) is 47.4 Å². The van der Waals surface area contributed by atoms with Crippen LogP contribution in [-0.4, -0.2) is 28.5 Å². The van der Waals surface area contributed by atoms with Crippen LogP contribution in [0.3, 0.4) is 0 Å². The number of anilines is 1. The second-order valence-electron chi connectivity index (χ2n) is 7.73. The second-order valence-corrected chi connectivity index (χ2v) is 9.41. The van der Waals surface area contributed by atoms with E-state index >= 15 is 0 Å². The molecule has 1 N–H and O–H groups in total. The molecule has 2 heterocycles. The first-order valence-corrected chi connectivity index (χ1v) is 10.2. The Morgan fingerprint density at radius 3 is 2.89 bits per heavy atom. The zero-order valence-corrected chi connectivity index (χ0v) is 16.9. The van der Waals surface area contributed by atoms with Crippen LogP contribution in [0.5, 0.6) is 0 Å². The molecule has 4 rings (SSSR count). The molecule has 0 saturated heterocycles. The van der Waals surface area contributed by atoms with Crippen molar-refractivity contribution in [1.82, 2.24) is 4.90 Å². The Morgan fingerprint density at radius 1 is 1.30 bits per heavy atom. The summed E-state index contributed by atoms with van der Waals surface area (Å²) in [5.41, 5.74) is 3.09. The Bertz CT molecular complexity index is 928. The molecule has 0 spiro atoms. The number of nitrogens with zero attached hydrogens (tertiary/aromatic N) is 1. The van der Waals surface area contributed by atoms with Gasteiger partial charge in [-0.1, -0.05) is 49.7 Å². The first-order valence-electron chi connectivity index (χ1n) is 8.97. The van der Waals surface area contributed by atoms with Crippen molar-refractivity contribution in [3.63, 3.8) is 0 Å². The molecule has 2 aliphatic heterocycles. The number of carbonyl (C=O) groups excluding carboxylic acids is 2. The van der Waals surface area contributed by atoms with E-state index in [9.17, 15) is 9.59 Å². The molecule has 0 bridgehead atoms. The Hall–Kier alpha value is -1.98. The summed E-state index contributed by atoms with van der Waals surface area (Å²) < 4.78 is 0. The van der Waals surface area contributed by atoms with Crippen molar-refractivity contribution in [2.75, 3.05) is 11.9 Å². The lowest BCUT2D eigenvalue weighted by molar-refractivity contribution is -0.134. The topological polar surface area (TPSA) is 49.4 Å². The number of benzene rings is 2. The van der Waals surface area contributed by atoms with Gasteiger partial charge in [0.1, 0.15) is 0 Å². The number of nitrogens with one attached hydrogen (secondary N) is 1. The van der Waals surface area contributed by atoms with Gasteiger partial charge in [0, 0.05) is 34.8 Å². The number of hydrogen-bond donors (Lipinski definition) is 1. The molecule has 1 unspecified atom stereocenters. The molecule has 1 atom stereocenters. The number of halogens is 1. The van der Waals surface area contributed by atoms with E-state index in [-0.39, 0.29) is 23.7 Å². The molecule has 4 nitrogen and oxygen atoms in total. The van der Waals surface area contributed by atoms with Crippen molar-refractivity contribution in [3.8, 4) is 0 Å². The number of hydrogen-bond acceptors (Lipinski definition) is 3. The summed E-state index contributed by atoms with van der Waals surface area (Å²) in [7, 11) is 0. The van der Waals surface area contributed by atoms with Gasteiger partial charge in [0.05, 0.1) is 10.9 Å². The smallest absolute Gasteiger partial charge is 0.238 e. The van der Waals surface area contributed by atoms with Crippen molar-refractivity contribution in [2.45, 2.75) is 42.4 Å². The minimum Gasteiger partial charge on any atom is -0.337 e. The average molecular weight is 401 g/mol. The quantitative estimate of drug-likeness (QED) is 0.809. The van der Waals surface area contributed by atoms with E-state index in [1.807, 2.05) is 23.1 Å². The highest BCUT2D eigenvalue weighted by Gasteiger charge is 2.36. The summed E-state index contributed by atoms with van der Waals surface area (Å²) in [4.78, 5) is 28.3. The van der Waals surface area contributed by atoms with Gasteiger partial charge < -0.3 is 10.2 Å². The van der Waals surface area contributed by atoms with Crippen molar-refractivity contribution < 1.29 is 9.59 Å². The first kappa shape index (κ1) is 18.4. The molecule has 2 aromatic rings. The Labute approximate surface area is 168 Å². The van der Waals surface area contributed by atoms with Crippen LogP contribution in [0.2, 0.25) is 5.02 Å². The fraction of sp³-hybridized carbons (Fsp3) is 0.333. The molecule has 0 aliphatic carbocycles. The first-order chi connectivity index (χ1) is 12.8. The van der Waals surface area contributed by atoms with Gasteiger partial charge in [0.15, 0.2) is 0 Å². The van der Waals surface area contributed by atoms with Gasteiger partial charge in [-0.2, -0.15) is 0 Å². The van der Waals surface area contributed by atoms with E-state index in [0.29, 0.717) is 23.8 Å². The van der Waals surface area contributed by atoms with Gasteiger partial charge in [-0.3, -0.25) is 9.59 Å². The SMILES string of the molecule is CC1(C)CN(C(=O)CC2Sc3ccc(Cl)cc3NC2=O)Cc2ccccc21. The summed E-state index contributed by atoms with van der Waals surface area (Å²) in [6, 6.07) is 13.7. The number of thioether (sulfide) groups is 1. The van der Waals surface area contributed by atoms with Crippen molar-refractivity contribution in [1.29, 1.82) is 0 Å². The highest BCUT2D eigenvalue weighted by molar-refractivity contribution is 8.01. The number of carbonyl (C=O) groups is 2. The summed E-state index contributed by atoms with van der Waals surface area (Å²) in [6.45, 7) is 5.58. The second kappa shape index (κ2) is 6.88. The minimum absolute atomic E-state index is 0.0163. The molecule has 0 radical (unpaired) electrons. The maximum absolute atomic E-state index is 13.0. The predicted octanol–water partition coefficient (Wildman–Crippen LogP) is 4.46. The van der Waals surface area contributed by atoms with Crippen LogP contribution in [0.1, 0.15) is 31.4 Å². The molecule has 140 valence electrons. The van der Waals surface area contributed by atoms with Crippen LogP contribution >= 0.6 is 23.4 Å². The lowest BCUT2D eigenvalue weighted by Crippen LogP contribution is -2.46. The lowest BCUT2D eigenvalue weighted by atomic mass is 9.78. The fourth-order valence-electron chi connectivity index (χ4n) is 3.86. The summed E-state index contributed by atoms with van der Waals surface area (Å²) in [6.07, 6.45) is 0.191. The van der Waals surface area contributed by atoms with E-state index < -0.39 is 5.25 Å². The number of amides is 2. The van der Waals surface area contributed by atoms with E-state index in [4.69, 9.17) is 11.6 Å². The van der Waals surface area contributed by atoms with Gasteiger partial charge in [0.25, 0.3) is 0 Å². The zero-order valence-electron chi connectivity index (χ0n) is 15.3. The van der Waals surface area contributed by atoms with Crippen molar-refractivity contribution in [2.24, 2.45) is 0 Å². The number of fused-ring (bicyclic) bond motifs is 2. The molecule has 0 fully saturated rings. The normalized spacial score (nSPS) is 20.5. The van der Waals surface area contributed by atoms with Gasteiger partial charge >= 0.3 is 0 Å². The Kier molecular flexibility index (Phi) is 4.68. The van der Waals surface area contributed by atoms with Crippen LogP contribution in [0, 0.1) is 0 Å². The summed E-state index contributed by atoms with van der Waals surface area (Å²) in [5.74, 6) is -0.123. The van der Waals surface area contributed by atoms with E-state index in [2.05, 4.69) is 31.3 Å². The van der Waals surface area contributed by atoms with E-state index in [1.165, 1.54) is 22.9 Å². The molecule has 2 amide bonds. The maximum atomic E-state index is 13.0. The molecule has 2 aromatic carbocycles. The molecule has 27 heavy (non-hydrogen) atoms. The monoisotopic (exact) mass is 400 g/mol. The van der Waals surface area contributed by atoms with Gasteiger partial charge in [-0.15, -0.1) is 11.8 Å². The molecular formula is C21H21ClN2O2S. The van der Waals surface area contributed by atoms with Crippen molar-refractivity contribution in [3.05, 3.63) is 58.6 Å². The molecule has 2 aliphatic rings. The average Bonchev–Trinajstić information content (AvgIpc) is 2.62. The van der Waals surface area contributed by atoms with Crippen LogP contribution in [-0.2, 0) is 21.5 Å². The van der Waals surface area contributed by atoms with Crippen molar-refractivity contribution >= 4 is 40.9 Å². The maximum Gasteiger partial charge on any atom is 0.238 e. The van der Waals surface area contributed by atoms with E-state index in [0.717, 1.165) is 4.90 Å². The summed E-state index contributed by atoms with van der Waals surface area (Å²) >= 11 is 7.43. The third-order valence-corrected chi connectivity index (χ3v) is 6.68. The molecule has 0 saturated carbocycles. The largest absolute Gasteiger partial charge is 0.337 e. The van der Waals surface area contributed by atoms with Crippen LogP contribution < -0.4 is 5.32 Å². The lowest BCUT2D eigenvalue weighted by Gasteiger charge is -2.40. The fourth-order valence-corrected chi connectivity index (χ4v) is 5.12. The summed E-state index contributed by atoms with van der Waals surface area (Å²) in [5, 5.41) is 3.03. The minimum atomic E-state index is -0.425.